The van der Waals surface area contributed by atoms with E-state index in [2.05, 4.69) is 54.2 Å². The van der Waals surface area contributed by atoms with Crippen molar-refractivity contribution in [2.45, 2.75) is 33.2 Å². The zero-order valence-corrected chi connectivity index (χ0v) is 21.0. The highest BCUT2D eigenvalue weighted by molar-refractivity contribution is 14.0. The maximum Gasteiger partial charge on any atom is 0.225 e. The summed E-state index contributed by atoms with van der Waals surface area (Å²) in [5.41, 5.74) is 0. The SMILES string of the molecule is CCNC(=NCc1ncc(CC)s1)NCCCN1CCN(c2ncccn2)CC1.I. The van der Waals surface area contributed by atoms with Crippen LogP contribution < -0.4 is 15.5 Å². The largest absolute Gasteiger partial charge is 0.357 e. The maximum absolute atomic E-state index is 4.67. The Morgan fingerprint density at radius 2 is 1.87 bits per heavy atom. The van der Waals surface area contributed by atoms with Crippen LogP contribution in [-0.2, 0) is 13.0 Å². The number of aromatic nitrogens is 3. The van der Waals surface area contributed by atoms with Gasteiger partial charge in [-0.05, 0) is 32.4 Å². The first-order valence-corrected chi connectivity index (χ1v) is 11.3. The number of nitrogens with zero attached hydrogens (tertiary/aromatic N) is 6. The lowest BCUT2D eigenvalue weighted by atomic mass is 10.3. The van der Waals surface area contributed by atoms with Crippen molar-refractivity contribution >= 4 is 47.2 Å². The lowest BCUT2D eigenvalue weighted by molar-refractivity contribution is 0.254. The second-order valence-electron chi connectivity index (χ2n) is 6.93. The fourth-order valence-corrected chi connectivity index (χ4v) is 4.00. The molecule has 2 aromatic heterocycles. The van der Waals surface area contributed by atoms with E-state index in [0.717, 1.165) is 75.6 Å². The molecule has 0 aliphatic carbocycles. The van der Waals surface area contributed by atoms with Crippen LogP contribution in [0, 0.1) is 0 Å². The average Bonchev–Trinajstić information content (AvgIpc) is 3.24. The van der Waals surface area contributed by atoms with Crippen LogP contribution in [0.2, 0.25) is 0 Å². The summed E-state index contributed by atoms with van der Waals surface area (Å²) in [5.74, 6) is 1.71. The molecule has 0 aromatic carbocycles. The Labute approximate surface area is 200 Å². The first-order chi connectivity index (χ1) is 14.3. The van der Waals surface area contributed by atoms with Crippen LogP contribution in [0.5, 0.6) is 0 Å². The number of aliphatic imine (C=N–C) groups is 1. The van der Waals surface area contributed by atoms with Crippen molar-refractivity contribution in [3.63, 3.8) is 0 Å². The molecule has 0 radical (unpaired) electrons. The Hall–Kier alpha value is -1.53. The predicted octanol–water partition coefficient (Wildman–Crippen LogP) is 2.38. The van der Waals surface area contributed by atoms with Gasteiger partial charge in [0.2, 0.25) is 5.95 Å². The second-order valence-corrected chi connectivity index (χ2v) is 8.13. The Bertz CT molecular complexity index is 746. The van der Waals surface area contributed by atoms with Gasteiger partial charge in [-0.25, -0.2) is 19.9 Å². The molecule has 30 heavy (non-hydrogen) atoms. The first kappa shape index (κ1) is 24.7. The van der Waals surface area contributed by atoms with Crippen LogP contribution in [-0.4, -0.2) is 71.6 Å². The topological polar surface area (TPSA) is 81.6 Å². The quantitative estimate of drug-likeness (QED) is 0.217. The Kier molecular flexibility index (Phi) is 11.3. The van der Waals surface area contributed by atoms with Gasteiger partial charge in [0.25, 0.3) is 0 Å². The van der Waals surface area contributed by atoms with Crippen LogP contribution in [0.1, 0.15) is 30.2 Å². The molecule has 8 nitrogen and oxygen atoms in total. The molecule has 0 amide bonds. The van der Waals surface area contributed by atoms with E-state index in [-0.39, 0.29) is 24.0 Å². The Morgan fingerprint density at radius 1 is 1.10 bits per heavy atom. The minimum Gasteiger partial charge on any atom is -0.357 e. The van der Waals surface area contributed by atoms with Gasteiger partial charge in [0.05, 0.1) is 6.54 Å². The van der Waals surface area contributed by atoms with Gasteiger partial charge in [-0.2, -0.15) is 0 Å². The number of guanidine groups is 1. The number of hydrogen-bond donors (Lipinski definition) is 2. The molecule has 0 atom stereocenters. The molecule has 0 unspecified atom stereocenters. The molecule has 1 aliphatic heterocycles. The molecule has 166 valence electrons. The highest BCUT2D eigenvalue weighted by Crippen LogP contribution is 2.14. The Balaban J connectivity index is 0.00000320. The van der Waals surface area contributed by atoms with E-state index in [1.807, 2.05) is 12.3 Å². The highest BCUT2D eigenvalue weighted by Gasteiger charge is 2.18. The summed E-state index contributed by atoms with van der Waals surface area (Å²) in [7, 11) is 0. The number of thiazole rings is 1. The van der Waals surface area contributed by atoms with E-state index in [4.69, 9.17) is 0 Å². The van der Waals surface area contributed by atoms with Gasteiger partial charge in [0.15, 0.2) is 5.96 Å². The summed E-state index contributed by atoms with van der Waals surface area (Å²) in [4.78, 5) is 23.9. The number of anilines is 1. The molecule has 0 bridgehead atoms. The fourth-order valence-electron chi connectivity index (χ4n) is 3.21. The van der Waals surface area contributed by atoms with E-state index >= 15 is 0 Å². The summed E-state index contributed by atoms with van der Waals surface area (Å²) in [6, 6.07) is 1.86. The van der Waals surface area contributed by atoms with E-state index in [9.17, 15) is 0 Å². The summed E-state index contributed by atoms with van der Waals surface area (Å²) in [6.45, 7) is 11.8. The monoisotopic (exact) mass is 544 g/mol. The van der Waals surface area contributed by atoms with Gasteiger partial charge in [0, 0.05) is 62.7 Å². The van der Waals surface area contributed by atoms with Crippen molar-refractivity contribution in [2.24, 2.45) is 4.99 Å². The first-order valence-electron chi connectivity index (χ1n) is 10.5. The normalized spacial score (nSPS) is 15.0. The number of rotatable bonds is 9. The van der Waals surface area contributed by atoms with Gasteiger partial charge in [-0.1, -0.05) is 6.92 Å². The smallest absolute Gasteiger partial charge is 0.225 e. The number of hydrogen-bond acceptors (Lipinski definition) is 7. The van der Waals surface area contributed by atoms with Crippen LogP contribution in [0.25, 0.3) is 0 Å². The van der Waals surface area contributed by atoms with Crippen LogP contribution >= 0.6 is 35.3 Å². The summed E-state index contributed by atoms with van der Waals surface area (Å²) >= 11 is 1.75. The molecular weight excluding hydrogens is 511 g/mol. The van der Waals surface area contributed by atoms with Gasteiger partial charge in [-0.15, -0.1) is 35.3 Å². The van der Waals surface area contributed by atoms with Gasteiger partial charge < -0.3 is 15.5 Å². The molecule has 0 spiro atoms. The number of halogens is 1. The van der Waals surface area contributed by atoms with Crippen molar-refractivity contribution in [3.8, 4) is 0 Å². The fraction of sp³-hybridized carbons (Fsp3) is 0.600. The van der Waals surface area contributed by atoms with Crippen LogP contribution in [0.4, 0.5) is 5.95 Å². The molecule has 2 N–H and O–H groups in total. The average molecular weight is 545 g/mol. The number of nitrogens with one attached hydrogen (secondary N) is 2. The van der Waals surface area contributed by atoms with E-state index < -0.39 is 0 Å². The summed E-state index contributed by atoms with van der Waals surface area (Å²) < 4.78 is 0. The van der Waals surface area contributed by atoms with Crippen molar-refractivity contribution in [2.75, 3.05) is 50.7 Å². The molecule has 1 saturated heterocycles. The maximum atomic E-state index is 4.67. The molecule has 10 heteroatoms. The third-order valence-corrected chi connectivity index (χ3v) is 5.94. The number of aryl methyl sites for hydroxylation is 1. The Morgan fingerprint density at radius 3 is 2.53 bits per heavy atom. The molecular formula is C20H33IN8S. The summed E-state index contributed by atoms with van der Waals surface area (Å²) in [6.07, 6.45) is 7.69. The molecule has 3 rings (SSSR count). The predicted molar refractivity (Wildman–Crippen MR) is 135 cm³/mol. The molecule has 0 saturated carbocycles. The van der Waals surface area contributed by atoms with Gasteiger partial charge >= 0.3 is 0 Å². The minimum absolute atomic E-state index is 0. The molecule has 2 aromatic rings. The van der Waals surface area contributed by atoms with Crippen molar-refractivity contribution < 1.29 is 0 Å². The summed E-state index contributed by atoms with van der Waals surface area (Å²) in [5, 5.41) is 7.83. The van der Waals surface area contributed by atoms with E-state index in [0.29, 0.717) is 6.54 Å². The number of piperazine rings is 1. The van der Waals surface area contributed by atoms with Crippen molar-refractivity contribution in [3.05, 3.63) is 34.5 Å². The molecule has 1 aliphatic rings. The third kappa shape index (κ3) is 7.95. The minimum atomic E-state index is 0. The zero-order chi connectivity index (χ0) is 20.3. The van der Waals surface area contributed by atoms with E-state index in [1.165, 1.54) is 4.88 Å². The van der Waals surface area contributed by atoms with E-state index in [1.54, 1.807) is 23.7 Å². The molecule has 3 heterocycles. The molecule has 1 fully saturated rings. The second kappa shape index (κ2) is 13.7. The standard InChI is InChI=1S/C20H32N8S.HI/c1-3-17-15-25-18(29-17)16-26-19(21-4-2)22-9-6-10-27-11-13-28(14-12-27)20-23-7-5-8-24-20;/h5,7-8,15H,3-4,6,9-14,16H2,1-2H3,(H2,21,22,26);1H. The van der Waals surface area contributed by atoms with Gasteiger partial charge in [0.1, 0.15) is 5.01 Å². The lowest BCUT2D eigenvalue weighted by Gasteiger charge is -2.34. The lowest BCUT2D eigenvalue weighted by Crippen LogP contribution is -2.47. The van der Waals surface area contributed by atoms with Gasteiger partial charge in [-0.3, -0.25) is 4.90 Å². The highest BCUT2D eigenvalue weighted by atomic mass is 127. The third-order valence-electron chi connectivity index (χ3n) is 4.82. The zero-order valence-electron chi connectivity index (χ0n) is 17.9. The van der Waals surface area contributed by atoms with Crippen LogP contribution in [0.15, 0.2) is 29.6 Å². The van der Waals surface area contributed by atoms with Crippen LogP contribution in [0.3, 0.4) is 0 Å². The van der Waals surface area contributed by atoms with Crippen molar-refractivity contribution in [1.29, 1.82) is 0 Å². The van der Waals surface area contributed by atoms with Crippen molar-refractivity contribution in [1.82, 2.24) is 30.5 Å².